The molecule has 0 aliphatic carbocycles. The summed E-state index contributed by atoms with van der Waals surface area (Å²) < 4.78 is 44.2. The summed E-state index contributed by atoms with van der Waals surface area (Å²) in [6.45, 7) is -1.63. The Labute approximate surface area is 291 Å². The van der Waals surface area contributed by atoms with Gasteiger partial charge >= 0.3 is 0 Å². The molecule has 0 amide bonds. The lowest BCUT2D eigenvalue weighted by Gasteiger charge is -2.46. The van der Waals surface area contributed by atoms with Gasteiger partial charge in [0.2, 0.25) is 0 Å². The normalized spacial score (nSPS) is 48.2. The summed E-state index contributed by atoms with van der Waals surface area (Å²) in [5, 5.41) is 143. The van der Waals surface area contributed by atoms with Gasteiger partial charge in [-0.25, -0.2) is 0 Å². The fraction of sp³-hybridized carbons (Fsp3) is 1.00. The fourth-order valence-electron chi connectivity index (χ4n) is 6.13. The lowest BCUT2D eigenvalue weighted by molar-refractivity contribution is -0.363. The molecule has 300 valence electrons. The summed E-state index contributed by atoms with van der Waals surface area (Å²) >= 11 is 0. The van der Waals surface area contributed by atoms with Gasteiger partial charge in [-0.2, -0.15) is 0 Å². The largest absolute Gasteiger partial charge is 0.394 e. The minimum atomic E-state index is -1.83. The van der Waals surface area contributed by atoms with E-state index in [4.69, 9.17) is 37.9 Å². The van der Waals surface area contributed by atoms with Gasteiger partial charge in [-0.05, 0) is 6.42 Å². The lowest BCUT2D eigenvalue weighted by atomic mass is 9.97. The van der Waals surface area contributed by atoms with Crippen LogP contribution in [0.2, 0.25) is 0 Å². The number of aliphatic hydroxyl groups is 14. The number of ether oxygens (including phenoxy) is 8. The first-order valence-electron chi connectivity index (χ1n) is 16.6. The first-order valence-corrected chi connectivity index (χ1v) is 16.6. The molecule has 4 aliphatic heterocycles. The Morgan fingerprint density at radius 2 is 0.725 bits per heavy atom. The quantitative estimate of drug-likeness (QED) is 0.0738. The highest BCUT2D eigenvalue weighted by Gasteiger charge is 2.52. The van der Waals surface area contributed by atoms with Crippen molar-refractivity contribution in [3.8, 4) is 0 Å². The van der Waals surface area contributed by atoms with Crippen LogP contribution in [0.3, 0.4) is 0 Å². The zero-order valence-corrected chi connectivity index (χ0v) is 27.6. The van der Waals surface area contributed by atoms with Crippen LogP contribution in [0.15, 0.2) is 0 Å². The molecule has 0 radical (unpaired) electrons. The van der Waals surface area contributed by atoms with E-state index in [1.54, 1.807) is 6.92 Å². The number of rotatable bonds is 15. The molecule has 0 aromatic carbocycles. The summed E-state index contributed by atoms with van der Waals surface area (Å²) in [5.74, 6) is -0.489. The summed E-state index contributed by atoms with van der Waals surface area (Å²) in [4.78, 5) is 0. The van der Waals surface area contributed by atoms with Crippen LogP contribution in [0.4, 0.5) is 0 Å². The highest BCUT2D eigenvalue weighted by molar-refractivity contribution is 4.96. The van der Waals surface area contributed by atoms with E-state index in [-0.39, 0.29) is 13.2 Å². The van der Waals surface area contributed by atoms with Gasteiger partial charge in [0.25, 0.3) is 0 Å². The van der Waals surface area contributed by atoms with Gasteiger partial charge in [0.05, 0.1) is 39.6 Å². The van der Waals surface area contributed by atoms with Gasteiger partial charge in [0.15, 0.2) is 25.2 Å². The van der Waals surface area contributed by atoms with Crippen LogP contribution in [-0.2, 0) is 37.9 Å². The van der Waals surface area contributed by atoms with Crippen LogP contribution >= 0.6 is 0 Å². The smallest absolute Gasteiger partial charge is 0.187 e. The Morgan fingerprint density at radius 1 is 0.412 bits per heavy atom. The Morgan fingerprint density at radius 3 is 1.04 bits per heavy atom. The predicted molar refractivity (Wildman–Crippen MR) is 158 cm³/mol. The SMILES string of the molecule is CCC(CO[C@@H]1O[C@H](CO)[C@@H](O[C@H]2O[C@H](CO)[C@@H](O)[C@H](O)[C@H]2O)[C@H](O)[C@H]1O)CO[C@@H]1O[C@H](CO)[C@@H](O[C@H]2O[C@H](CO)[C@@H](O)[C@H](O)[C@H]2O)[C@H](O)[C@H]1O. The van der Waals surface area contributed by atoms with E-state index < -0.39 is 155 Å². The molecule has 22 heteroatoms. The van der Waals surface area contributed by atoms with Crippen molar-refractivity contribution in [2.24, 2.45) is 5.92 Å². The molecule has 0 aromatic rings. The Kier molecular flexibility index (Phi) is 16.1. The molecular formula is C29H52O22. The van der Waals surface area contributed by atoms with E-state index in [1.807, 2.05) is 0 Å². The van der Waals surface area contributed by atoms with Crippen molar-refractivity contribution in [2.75, 3.05) is 39.6 Å². The van der Waals surface area contributed by atoms with Crippen molar-refractivity contribution >= 4 is 0 Å². The molecule has 4 heterocycles. The summed E-state index contributed by atoms with van der Waals surface area (Å²) in [5.41, 5.74) is 0. The van der Waals surface area contributed by atoms with Gasteiger partial charge in [-0.3, -0.25) is 0 Å². The Bertz CT molecular complexity index is 947. The molecule has 0 saturated carbocycles. The van der Waals surface area contributed by atoms with Gasteiger partial charge < -0.3 is 109 Å². The van der Waals surface area contributed by atoms with Crippen molar-refractivity contribution in [3.05, 3.63) is 0 Å². The third-order valence-electron chi connectivity index (χ3n) is 9.49. The van der Waals surface area contributed by atoms with E-state index in [9.17, 15) is 71.5 Å². The predicted octanol–water partition coefficient (Wildman–Crippen LogP) is -8.71. The van der Waals surface area contributed by atoms with E-state index in [0.29, 0.717) is 6.42 Å². The van der Waals surface area contributed by atoms with Crippen LogP contribution in [0.1, 0.15) is 13.3 Å². The first-order chi connectivity index (χ1) is 24.2. The molecule has 0 aromatic heterocycles. The van der Waals surface area contributed by atoms with E-state index >= 15 is 0 Å². The number of hydrogen-bond acceptors (Lipinski definition) is 22. The van der Waals surface area contributed by atoms with E-state index in [2.05, 4.69) is 0 Å². The maximum atomic E-state index is 10.8. The standard InChI is InChI=1S/C29H52O22/c1-2-9(7-44-26-22(42)18(38)24(12(5-32)48-26)50-28-20(40)16(36)14(34)10(3-30)46-28)8-45-27-23(43)19(39)25(13(6-33)49-27)51-29-21(41)17(37)15(35)11(4-31)47-29/h9-43H,2-8H2,1H3/t10-,11-,12-,13-,14-,15-,16+,17+,18-,19-,20-,21-,22-,23-,24-,25-,26-,27-,28-,29-/m1/s1. The van der Waals surface area contributed by atoms with Crippen LogP contribution in [0.5, 0.6) is 0 Å². The second-order valence-corrected chi connectivity index (χ2v) is 13.0. The maximum Gasteiger partial charge on any atom is 0.187 e. The topological polar surface area (TPSA) is 357 Å². The van der Waals surface area contributed by atoms with Crippen molar-refractivity contribution in [3.63, 3.8) is 0 Å². The van der Waals surface area contributed by atoms with Crippen LogP contribution in [0.25, 0.3) is 0 Å². The van der Waals surface area contributed by atoms with Gasteiger partial charge in [-0.15, -0.1) is 0 Å². The number of hydrogen-bond donors (Lipinski definition) is 14. The molecule has 4 rings (SSSR count). The molecule has 22 nitrogen and oxygen atoms in total. The summed E-state index contributed by atoms with van der Waals surface area (Å²) in [6.07, 6.45) is -32.1. The van der Waals surface area contributed by atoms with Gasteiger partial charge in [-0.1, -0.05) is 6.92 Å². The summed E-state index contributed by atoms with van der Waals surface area (Å²) in [7, 11) is 0. The molecule has 51 heavy (non-hydrogen) atoms. The van der Waals surface area contributed by atoms with Crippen LogP contribution in [-0.4, -0.2) is 234 Å². The van der Waals surface area contributed by atoms with Crippen molar-refractivity contribution in [2.45, 2.75) is 136 Å². The highest BCUT2D eigenvalue weighted by atomic mass is 16.8. The second-order valence-electron chi connectivity index (χ2n) is 13.0. The molecule has 4 aliphatic rings. The molecule has 4 saturated heterocycles. The van der Waals surface area contributed by atoms with Crippen LogP contribution in [0, 0.1) is 5.92 Å². The van der Waals surface area contributed by atoms with Crippen LogP contribution < -0.4 is 0 Å². The van der Waals surface area contributed by atoms with Gasteiger partial charge in [0, 0.05) is 5.92 Å². The first kappa shape index (κ1) is 42.9. The Balaban J connectivity index is 1.30. The molecule has 0 unspecified atom stereocenters. The third kappa shape index (κ3) is 9.50. The number of aliphatic hydroxyl groups excluding tert-OH is 14. The van der Waals surface area contributed by atoms with Crippen molar-refractivity contribution in [1.29, 1.82) is 0 Å². The third-order valence-corrected chi connectivity index (χ3v) is 9.49. The minimum Gasteiger partial charge on any atom is -0.394 e. The van der Waals surface area contributed by atoms with E-state index in [1.165, 1.54) is 0 Å². The van der Waals surface area contributed by atoms with Crippen molar-refractivity contribution in [1.82, 2.24) is 0 Å². The lowest BCUT2D eigenvalue weighted by Crippen LogP contribution is -2.65. The molecular weight excluding hydrogens is 700 g/mol. The second kappa shape index (κ2) is 19.1. The highest BCUT2D eigenvalue weighted by Crippen LogP contribution is 2.32. The molecule has 14 N–H and O–H groups in total. The van der Waals surface area contributed by atoms with Crippen molar-refractivity contribution < 1.29 is 109 Å². The fourth-order valence-corrected chi connectivity index (χ4v) is 6.13. The summed E-state index contributed by atoms with van der Waals surface area (Å²) in [6, 6.07) is 0. The monoisotopic (exact) mass is 752 g/mol. The molecule has 0 bridgehead atoms. The molecule has 4 fully saturated rings. The average Bonchev–Trinajstić information content (AvgIpc) is 3.13. The molecule has 20 atom stereocenters. The minimum absolute atomic E-state index is 0.182. The maximum absolute atomic E-state index is 10.8. The van der Waals surface area contributed by atoms with Gasteiger partial charge in [0.1, 0.15) is 97.7 Å². The zero-order valence-electron chi connectivity index (χ0n) is 27.6. The zero-order chi connectivity index (χ0) is 37.7. The van der Waals surface area contributed by atoms with E-state index in [0.717, 1.165) is 0 Å². The average molecular weight is 753 g/mol. The Hall–Kier alpha value is -0.880. The molecule has 0 spiro atoms.